The molecule has 0 aromatic carbocycles. The van der Waals surface area contributed by atoms with Crippen LogP contribution in [-0.2, 0) is 0 Å². The summed E-state index contributed by atoms with van der Waals surface area (Å²) in [6, 6.07) is 0. The second-order valence-corrected chi connectivity index (χ2v) is 4.89. The van der Waals surface area contributed by atoms with Crippen molar-refractivity contribution >= 4 is 58.2 Å². The predicted molar refractivity (Wildman–Crippen MR) is 58.0 cm³/mol. The fraction of sp³-hybridized carbons (Fsp3) is 1.00. The summed E-state index contributed by atoms with van der Waals surface area (Å²) in [7, 11) is 0. The van der Waals surface area contributed by atoms with Gasteiger partial charge in [-0.15, -0.1) is 46.4 Å². The van der Waals surface area contributed by atoms with Crippen molar-refractivity contribution in [2.24, 2.45) is 0 Å². The van der Waals surface area contributed by atoms with E-state index in [4.69, 9.17) is 46.4 Å². The fourth-order valence-electron chi connectivity index (χ4n) is 0.415. The Morgan fingerprint density at radius 1 is 1.00 bits per heavy atom. The molecule has 11 heavy (non-hydrogen) atoms. The van der Waals surface area contributed by atoms with E-state index >= 15 is 0 Å². The molecule has 0 spiro atoms. The highest BCUT2D eigenvalue weighted by Crippen LogP contribution is 2.17. The van der Waals surface area contributed by atoms with Gasteiger partial charge in [0.05, 0.1) is 5.38 Å². The minimum atomic E-state index is 0.0237. The summed E-state index contributed by atoms with van der Waals surface area (Å²) in [4.78, 5) is 0. The molecule has 0 aliphatic rings. The van der Waals surface area contributed by atoms with Gasteiger partial charge in [-0.2, -0.15) is 11.8 Å². The molecule has 0 fully saturated rings. The van der Waals surface area contributed by atoms with Gasteiger partial charge >= 0.3 is 0 Å². The first-order chi connectivity index (χ1) is 5.24. The van der Waals surface area contributed by atoms with Crippen molar-refractivity contribution in [3.05, 3.63) is 0 Å². The Labute approximate surface area is 91.9 Å². The fourth-order valence-corrected chi connectivity index (χ4v) is 2.51. The maximum absolute atomic E-state index is 5.78. The van der Waals surface area contributed by atoms with Gasteiger partial charge in [-0.05, 0) is 0 Å². The van der Waals surface area contributed by atoms with Gasteiger partial charge in [-0.1, -0.05) is 0 Å². The Kier molecular flexibility index (Phi) is 9.24. The summed E-state index contributed by atoms with van der Waals surface area (Å²) in [5, 5.41) is 0.318. The number of thioether (sulfide) groups is 1. The van der Waals surface area contributed by atoms with Crippen LogP contribution in [0.5, 0.6) is 0 Å². The van der Waals surface area contributed by atoms with E-state index in [1.807, 2.05) is 0 Å². The van der Waals surface area contributed by atoms with Gasteiger partial charge < -0.3 is 0 Å². The second-order valence-electron chi connectivity index (χ2n) is 2.02. The average Bonchev–Trinajstić information content (AvgIpc) is 2.06. The molecule has 0 amide bonds. The van der Waals surface area contributed by atoms with Crippen molar-refractivity contribution in [2.45, 2.75) is 10.6 Å². The monoisotopic (exact) mass is 254 g/mol. The summed E-state index contributed by atoms with van der Waals surface area (Å²) < 4.78 is 0. The number of rotatable bonds is 6. The third kappa shape index (κ3) is 6.65. The zero-order chi connectivity index (χ0) is 8.69. The molecule has 68 valence electrons. The Morgan fingerprint density at radius 3 is 1.91 bits per heavy atom. The Bertz CT molecular complexity index is 86.7. The van der Waals surface area contributed by atoms with Crippen LogP contribution >= 0.6 is 58.2 Å². The normalized spacial score (nSPS) is 13.9. The highest BCUT2D eigenvalue weighted by Gasteiger charge is 2.09. The van der Waals surface area contributed by atoms with E-state index in [-0.39, 0.29) is 5.38 Å². The molecule has 0 aliphatic heterocycles. The third-order valence-electron chi connectivity index (χ3n) is 1.02. The molecule has 0 aromatic heterocycles. The molecule has 0 bridgehead atoms. The minimum absolute atomic E-state index is 0.0237. The van der Waals surface area contributed by atoms with E-state index in [1.54, 1.807) is 11.8 Å². The molecule has 0 aliphatic carbocycles. The van der Waals surface area contributed by atoms with E-state index in [1.165, 1.54) is 0 Å². The first kappa shape index (κ1) is 12.5. The number of hydrogen-bond donors (Lipinski definition) is 0. The molecule has 5 heteroatoms. The first-order valence-corrected chi connectivity index (χ1v) is 6.27. The minimum Gasteiger partial charge on any atom is -0.155 e. The van der Waals surface area contributed by atoms with Gasteiger partial charge in [0, 0.05) is 28.6 Å². The van der Waals surface area contributed by atoms with E-state index < -0.39 is 0 Å². The van der Waals surface area contributed by atoms with Crippen molar-refractivity contribution in [1.29, 1.82) is 0 Å². The average molecular weight is 256 g/mol. The molecule has 0 nitrogen and oxygen atoms in total. The van der Waals surface area contributed by atoms with Crippen LogP contribution in [0.2, 0.25) is 0 Å². The van der Waals surface area contributed by atoms with Gasteiger partial charge in [-0.25, -0.2) is 0 Å². The molecule has 0 radical (unpaired) electrons. The second kappa shape index (κ2) is 8.12. The summed E-state index contributed by atoms with van der Waals surface area (Å²) >= 11 is 24.2. The van der Waals surface area contributed by atoms with E-state index in [0.717, 1.165) is 5.75 Å². The van der Waals surface area contributed by atoms with Crippen molar-refractivity contribution < 1.29 is 0 Å². The first-order valence-electron chi connectivity index (χ1n) is 3.18. The molecule has 0 rings (SSSR count). The van der Waals surface area contributed by atoms with Gasteiger partial charge in [-0.3, -0.25) is 0 Å². The van der Waals surface area contributed by atoms with Gasteiger partial charge in [0.15, 0.2) is 0 Å². The SMILES string of the molecule is ClCC(Cl)CSC(CCl)CCl. The maximum Gasteiger partial charge on any atom is 0.0561 e. The third-order valence-corrected chi connectivity index (χ3v) is 4.56. The van der Waals surface area contributed by atoms with E-state index in [2.05, 4.69) is 0 Å². The van der Waals surface area contributed by atoms with Crippen LogP contribution in [0.15, 0.2) is 0 Å². The quantitative estimate of drug-likeness (QED) is 0.656. The molecule has 1 unspecified atom stereocenters. The largest absolute Gasteiger partial charge is 0.155 e. The van der Waals surface area contributed by atoms with Crippen LogP contribution in [0.4, 0.5) is 0 Å². The Morgan fingerprint density at radius 2 is 1.55 bits per heavy atom. The topological polar surface area (TPSA) is 0 Å². The van der Waals surface area contributed by atoms with Crippen molar-refractivity contribution in [2.75, 3.05) is 23.4 Å². The van der Waals surface area contributed by atoms with Crippen LogP contribution in [0.25, 0.3) is 0 Å². The zero-order valence-corrected chi connectivity index (χ0v) is 9.74. The Hall–Kier alpha value is 1.51. The smallest absolute Gasteiger partial charge is 0.0561 e. The van der Waals surface area contributed by atoms with Crippen molar-refractivity contribution in [3.8, 4) is 0 Å². The summed E-state index contributed by atoms with van der Waals surface area (Å²) in [5.41, 5.74) is 0. The van der Waals surface area contributed by atoms with Crippen molar-refractivity contribution in [3.63, 3.8) is 0 Å². The molecule has 0 saturated carbocycles. The molecule has 0 aromatic rings. The summed E-state index contributed by atoms with van der Waals surface area (Å²) in [6.07, 6.45) is 0. The number of halogens is 4. The van der Waals surface area contributed by atoms with Crippen LogP contribution in [0, 0.1) is 0 Å². The Balaban J connectivity index is 3.34. The van der Waals surface area contributed by atoms with E-state index in [0.29, 0.717) is 22.9 Å². The predicted octanol–water partition coefficient (Wildman–Crippen LogP) is 3.41. The lowest BCUT2D eigenvalue weighted by Crippen LogP contribution is -2.12. The molecule has 0 heterocycles. The lowest BCUT2D eigenvalue weighted by Gasteiger charge is -2.10. The lowest BCUT2D eigenvalue weighted by molar-refractivity contribution is 1.08. The number of alkyl halides is 4. The van der Waals surface area contributed by atoms with Gasteiger partial charge in [0.2, 0.25) is 0 Å². The molecule has 0 saturated heterocycles. The van der Waals surface area contributed by atoms with Crippen LogP contribution in [0.3, 0.4) is 0 Å². The molecular formula is C6H10Cl4S. The lowest BCUT2D eigenvalue weighted by atomic mass is 10.5. The summed E-state index contributed by atoms with van der Waals surface area (Å²) in [5.74, 6) is 2.43. The van der Waals surface area contributed by atoms with Gasteiger partial charge in [0.25, 0.3) is 0 Å². The molecule has 1 atom stereocenters. The highest BCUT2D eigenvalue weighted by molar-refractivity contribution is 8.00. The zero-order valence-electron chi connectivity index (χ0n) is 5.90. The highest BCUT2D eigenvalue weighted by atomic mass is 35.5. The summed E-state index contributed by atoms with van der Waals surface area (Å²) in [6.45, 7) is 0. The van der Waals surface area contributed by atoms with Crippen molar-refractivity contribution in [1.82, 2.24) is 0 Å². The standard InChI is InChI=1S/C6H10Cl4S/c7-1-5(10)4-11-6(2-8)3-9/h5-6H,1-4H2. The maximum atomic E-state index is 5.78. The van der Waals surface area contributed by atoms with Crippen LogP contribution in [0.1, 0.15) is 0 Å². The van der Waals surface area contributed by atoms with Gasteiger partial charge in [0.1, 0.15) is 0 Å². The van der Waals surface area contributed by atoms with Crippen LogP contribution < -0.4 is 0 Å². The molecule has 0 N–H and O–H groups in total. The van der Waals surface area contributed by atoms with E-state index in [9.17, 15) is 0 Å². The van der Waals surface area contributed by atoms with Crippen LogP contribution in [-0.4, -0.2) is 34.0 Å². The number of hydrogen-bond acceptors (Lipinski definition) is 1. The molecular weight excluding hydrogens is 246 g/mol.